The summed E-state index contributed by atoms with van der Waals surface area (Å²) in [6.45, 7) is 4.55. The van der Waals surface area contributed by atoms with Crippen LogP contribution in [0.3, 0.4) is 0 Å². The highest BCUT2D eigenvalue weighted by atomic mass is 19.1. The van der Waals surface area contributed by atoms with Gasteiger partial charge in [0.1, 0.15) is 12.9 Å². The van der Waals surface area contributed by atoms with Crippen LogP contribution >= 0.6 is 0 Å². The molecule has 1 fully saturated rings. The van der Waals surface area contributed by atoms with E-state index in [9.17, 15) is 4.79 Å². The minimum atomic E-state index is -0.466. The van der Waals surface area contributed by atoms with Gasteiger partial charge in [0.25, 0.3) is 0 Å². The first-order chi connectivity index (χ1) is 16.4. The van der Waals surface area contributed by atoms with E-state index in [1.807, 2.05) is 11.8 Å². The summed E-state index contributed by atoms with van der Waals surface area (Å²) in [5, 5.41) is 1.01. The Morgan fingerprint density at radius 2 is 2.03 bits per heavy atom. The van der Waals surface area contributed by atoms with E-state index in [0.29, 0.717) is 39.9 Å². The Labute approximate surface area is 195 Å². The van der Waals surface area contributed by atoms with Crippen molar-refractivity contribution in [3.8, 4) is 23.1 Å². The first-order valence-electron chi connectivity index (χ1n) is 11.1. The molecule has 4 aromatic rings. The van der Waals surface area contributed by atoms with Crippen molar-refractivity contribution in [1.82, 2.24) is 19.9 Å². The average molecular weight is 464 g/mol. The van der Waals surface area contributed by atoms with Crippen LogP contribution in [0.1, 0.15) is 25.5 Å². The monoisotopic (exact) mass is 464 g/mol. The maximum Gasteiger partial charge on any atom is 0.230 e. The Bertz CT molecular complexity index is 1390. The smallest absolute Gasteiger partial charge is 0.230 e. The number of H-pyrrole nitrogens is 1. The second-order valence-electron chi connectivity index (χ2n) is 8.41. The predicted octanol–water partition coefficient (Wildman–Crippen LogP) is 4.75. The molecule has 0 bridgehead atoms. The number of nitrogens with zero attached hydrogens (tertiary/aromatic N) is 3. The number of likely N-dealkylation sites (tertiary alicyclic amines) is 1. The maximum absolute atomic E-state index is 15.1. The van der Waals surface area contributed by atoms with Crippen molar-refractivity contribution >= 4 is 27.7 Å². The third kappa shape index (κ3) is 3.98. The van der Waals surface area contributed by atoms with Crippen LogP contribution in [-0.2, 0) is 4.79 Å². The van der Waals surface area contributed by atoms with Gasteiger partial charge < -0.3 is 24.1 Å². The normalized spacial score (nSPS) is 15.8. The highest BCUT2D eigenvalue weighted by Crippen LogP contribution is 2.37. The van der Waals surface area contributed by atoms with Gasteiger partial charge in [-0.15, -0.1) is 0 Å². The standard InChI is InChI=1S/C25H25FN4O4/c1-14-9-17-19(29-14)6-7-21(24(17)26)34-25-18-10-22(32-3)23(11-20(18)27-13-28-25)33-12-16-5-4-8-30(16)15(2)31/h6-7,9-11,13,16,29H,4-5,8,12H2,1-3H3/t16-/m0/s1. The van der Waals surface area contributed by atoms with E-state index >= 15 is 4.39 Å². The fraction of sp³-hybridized carbons (Fsp3) is 0.320. The van der Waals surface area contributed by atoms with E-state index in [2.05, 4.69) is 15.0 Å². The molecule has 1 amide bonds. The number of halogens is 1. The Hall–Kier alpha value is -3.88. The summed E-state index contributed by atoms with van der Waals surface area (Å²) in [6.07, 6.45) is 3.21. The van der Waals surface area contributed by atoms with Crippen molar-refractivity contribution in [2.75, 3.05) is 20.3 Å². The summed E-state index contributed by atoms with van der Waals surface area (Å²) in [7, 11) is 1.54. The summed E-state index contributed by atoms with van der Waals surface area (Å²) in [5.74, 6) is 0.829. The van der Waals surface area contributed by atoms with Crippen molar-refractivity contribution in [2.24, 2.45) is 0 Å². The summed E-state index contributed by atoms with van der Waals surface area (Å²) in [5.41, 5.74) is 2.12. The van der Waals surface area contributed by atoms with E-state index in [1.54, 1.807) is 37.3 Å². The molecule has 176 valence electrons. The number of amides is 1. The highest BCUT2D eigenvalue weighted by Gasteiger charge is 2.27. The number of aryl methyl sites for hydroxylation is 1. The topological polar surface area (TPSA) is 89.6 Å². The number of ether oxygens (including phenoxy) is 3. The molecule has 0 spiro atoms. The molecule has 1 saturated heterocycles. The predicted molar refractivity (Wildman–Crippen MR) is 125 cm³/mol. The molecule has 1 N–H and O–H groups in total. The van der Waals surface area contributed by atoms with Crippen molar-refractivity contribution in [1.29, 1.82) is 0 Å². The lowest BCUT2D eigenvalue weighted by Gasteiger charge is -2.23. The van der Waals surface area contributed by atoms with E-state index in [-0.39, 0.29) is 23.6 Å². The van der Waals surface area contributed by atoms with Crippen LogP contribution in [0.2, 0.25) is 0 Å². The third-order valence-electron chi connectivity index (χ3n) is 6.14. The van der Waals surface area contributed by atoms with Crippen molar-refractivity contribution in [2.45, 2.75) is 32.7 Å². The zero-order chi connectivity index (χ0) is 23.8. The molecule has 2 aromatic heterocycles. The minimum absolute atomic E-state index is 0.0251. The number of nitrogens with one attached hydrogen (secondary N) is 1. The van der Waals surface area contributed by atoms with Gasteiger partial charge in [-0.25, -0.2) is 14.4 Å². The molecule has 3 heterocycles. The Kier molecular flexibility index (Phi) is 5.69. The molecule has 1 aliphatic heterocycles. The number of fused-ring (bicyclic) bond motifs is 2. The van der Waals surface area contributed by atoms with Gasteiger partial charge >= 0.3 is 0 Å². The van der Waals surface area contributed by atoms with Gasteiger partial charge in [-0.3, -0.25) is 4.79 Å². The molecule has 9 heteroatoms. The number of methoxy groups -OCH3 is 1. The largest absolute Gasteiger partial charge is 0.493 e. The molecule has 1 atom stereocenters. The number of hydrogen-bond acceptors (Lipinski definition) is 6. The highest BCUT2D eigenvalue weighted by molar-refractivity contribution is 5.87. The summed E-state index contributed by atoms with van der Waals surface area (Å²) in [4.78, 5) is 25.3. The molecule has 0 saturated carbocycles. The van der Waals surface area contributed by atoms with Gasteiger partial charge in [-0.1, -0.05) is 0 Å². The van der Waals surface area contributed by atoms with Crippen LogP contribution in [0.5, 0.6) is 23.1 Å². The minimum Gasteiger partial charge on any atom is -0.493 e. The summed E-state index contributed by atoms with van der Waals surface area (Å²) >= 11 is 0. The van der Waals surface area contributed by atoms with E-state index < -0.39 is 5.82 Å². The zero-order valence-electron chi connectivity index (χ0n) is 19.2. The van der Waals surface area contributed by atoms with E-state index in [4.69, 9.17) is 14.2 Å². The van der Waals surface area contributed by atoms with E-state index in [1.165, 1.54) is 13.4 Å². The van der Waals surface area contributed by atoms with Gasteiger partial charge in [0.2, 0.25) is 11.8 Å². The van der Waals surface area contributed by atoms with Crippen molar-refractivity contribution < 1.29 is 23.4 Å². The lowest BCUT2D eigenvalue weighted by Crippen LogP contribution is -2.37. The van der Waals surface area contributed by atoms with Gasteiger partial charge in [0, 0.05) is 36.1 Å². The van der Waals surface area contributed by atoms with Gasteiger partial charge in [0.05, 0.1) is 24.1 Å². The summed E-state index contributed by atoms with van der Waals surface area (Å²) in [6, 6.07) is 8.55. The van der Waals surface area contributed by atoms with Gasteiger partial charge in [-0.2, -0.15) is 0 Å². The molecule has 0 unspecified atom stereocenters. The molecule has 34 heavy (non-hydrogen) atoms. The Morgan fingerprint density at radius 1 is 1.18 bits per heavy atom. The summed E-state index contributed by atoms with van der Waals surface area (Å²) < 4.78 is 32.5. The van der Waals surface area contributed by atoms with Crippen LogP contribution in [-0.4, -0.2) is 52.1 Å². The lowest BCUT2D eigenvalue weighted by atomic mass is 10.2. The molecule has 0 aliphatic carbocycles. The molecule has 8 nitrogen and oxygen atoms in total. The number of aromatic nitrogens is 3. The molecule has 5 rings (SSSR count). The molecule has 1 aliphatic rings. The number of carbonyl (C=O) groups excluding carboxylic acids is 1. The zero-order valence-corrected chi connectivity index (χ0v) is 19.2. The fourth-order valence-corrected chi connectivity index (χ4v) is 4.47. The molecule has 2 aromatic carbocycles. The van der Waals surface area contributed by atoms with E-state index in [0.717, 1.165) is 25.1 Å². The molecule has 0 radical (unpaired) electrons. The number of aromatic amines is 1. The third-order valence-corrected chi connectivity index (χ3v) is 6.14. The van der Waals surface area contributed by atoms with Crippen LogP contribution < -0.4 is 14.2 Å². The first-order valence-corrected chi connectivity index (χ1v) is 11.1. The second kappa shape index (κ2) is 8.81. The van der Waals surface area contributed by atoms with Crippen LogP contribution in [0.4, 0.5) is 4.39 Å². The average Bonchev–Trinajstić information content (AvgIpc) is 3.45. The van der Waals surface area contributed by atoms with Gasteiger partial charge in [0.15, 0.2) is 23.1 Å². The van der Waals surface area contributed by atoms with Crippen molar-refractivity contribution in [3.05, 3.63) is 48.2 Å². The molecular weight excluding hydrogens is 439 g/mol. The lowest BCUT2D eigenvalue weighted by molar-refractivity contribution is -0.130. The van der Waals surface area contributed by atoms with Crippen LogP contribution in [0.25, 0.3) is 21.8 Å². The van der Waals surface area contributed by atoms with Crippen LogP contribution in [0.15, 0.2) is 36.7 Å². The number of carbonyl (C=O) groups is 1. The maximum atomic E-state index is 15.1. The molecular formula is C25H25FN4O4. The quantitative estimate of drug-likeness (QED) is 0.443. The second-order valence-corrected chi connectivity index (χ2v) is 8.41. The number of benzene rings is 2. The fourth-order valence-electron chi connectivity index (χ4n) is 4.47. The number of hydrogen-bond donors (Lipinski definition) is 1. The van der Waals surface area contributed by atoms with Crippen LogP contribution in [0, 0.1) is 12.7 Å². The number of rotatable bonds is 6. The Balaban J connectivity index is 1.45. The van der Waals surface area contributed by atoms with Crippen molar-refractivity contribution in [3.63, 3.8) is 0 Å². The first kappa shape index (κ1) is 21.9. The Morgan fingerprint density at radius 3 is 2.82 bits per heavy atom. The SMILES string of the molecule is COc1cc2c(Oc3ccc4[nH]c(C)cc4c3F)ncnc2cc1OC[C@@H]1CCCN1C(C)=O. The van der Waals surface area contributed by atoms with Gasteiger partial charge in [-0.05, 0) is 44.0 Å².